The van der Waals surface area contributed by atoms with Gasteiger partial charge in [-0.2, -0.15) is 5.26 Å². The highest BCUT2D eigenvalue weighted by molar-refractivity contribution is 5.99. The quantitative estimate of drug-likeness (QED) is 0.838. The van der Waals surface area contributed by atoms with E-state index in [9.17, 15) is 10.1 Å². The van der Waals surface area contributed by atoms with Crippen molar-refractivity contribution in [2.45, 2.75) is 26.3 Å². The lowest BCUT2D eigenvalue weighted by atomic mass is 9.89. The van der Waals surface area contributed by atoms with Crippen molar-refractivity contribution in [1.82, 2.24) is 0 Å². The number of anilines is 1. The van der Waals surface area contributed by atoms with Gasteiger partial charge in [-0.05, 0) is 31.9 Å². The maximum absolute atomic E-state index is 12.6. The minimum Gasteiger partial charge on any atom is -0.378 e. The van der Waals surface area contributed by atoms with Gasteiger partial charge in [0.15, 0.2) is 5.78 Å². The van der Waals surface area contributed by atoms with Crippen LogP contribution < -0.4 is 5.32 Å². The number of nitrogens with zero attached hydrogens (tertiary/aromatic N) is 1. The average Bonchev–Trinajstić information content (AvgIpc) is 2.60. The molecule has 0 spiro atoms. The Bertz CT molecular complexity index is 828. The van der Waals surface area contributed by atoms with E-state index in [0.29, 0.717) is 12.0 Å². The molecule has 3 nitrogen and oxygen atoms in total. The first kappa shape index (κ1) is 16.0. The average molecular weight is 316 g/mol. The Labute approximate surface area is 142 Å². The lowest BCUT2D eigenvalue weighted by molar-refractivity contribution is 0.0943. The summed E-state index contributed by atoms with van der Waals surface area (Å²) in [6, 6.07) is 17.7. The molecule has 2 atom stereocenters. The topological polar surface area (TPSA) is 52.9 Å². The summed E-state index contributed by atoms with van der Waals surface area (Å²) < 4.78 is 0. The van der Waals surface area contributed by atoms with E-state index in [4.69, 9.17) is 0 Å². The lowest BCUT2D eigenvalue weighted by Gasteiger charge is -2.26. The number of benzene rings is 2. The predicted molar refractivity (Wildman–Crippen MR) is 96.7 cm³/mol. The molecule has 3 rings (SSSR count). The fraction of sp³-hybridized carbons (Fsp3) is 0.238. The Morgan fingerprint density at radius 3 is 2.58 bits per heavy atom. The SMILES string of the molecule is CC1=C[C@H](C[C@H](C#N)C(=O)c2ccc(C)cc2)Nc2ccccc21. The molecule has 0 saturated heterocycles. The zero-order chi connectivity index (χ0) is 17.1. The Morgan fingerprint density at radius 1 is 1.17 bits per heavy atom. The number of aryl methyl sites for hydroxylation is 1. The number of nitrogens with one attached hydrogen (secondary N) is 1. The molecule has 1 aliphatic heterocycles. The van der Waals surface area contributed by atoms with Crippen LogP contribution in [0.4, 0.5) is 5.69 Å². The fourth-order valence-corrected chi connectivity index (χ4v) is 3.10. The molecule has 0 fully saturated rings. The first-order valence-corrected chi connectivity index (χ1v) is 8.13. The fourth-order valence-electron chi connectivity index (χ4n) is 3.10. The summed E-state index contributed by atoms with van der Waals surface area (Å²) in [5.74, 6) is -0.760. The molecular weight excluding hydrogens is 296 g/mol. The summed E-state index contributed by atoms with van der Waals surface area (Å²) in [6.45, 7) is 4.04. The molecule has 3 heteroatoms. The Kier molecular flexibility index (Phi) is 4.48. The summed E-state index contributed by atoms with van der Waals surface area (Å²) >= 11 is 0. The van der Waals surface area contributed by atoms with Crippen molar-refractivity contribution in [3.8, 4) is 6.07 Å². The number of Topliss-reactive ketones (excluding diaryl/α,β-unsaturated/α-hetero) is 1. The molecule has 1 N–H and O–H groups in total. The Hall–Kier alpha value is -2.86. The van der Waals surface area contributed by atoms with Gasteiger partial charge in [0.25, 0.3) is 0 Å². The molecule has 0 amide bonds. The molecule has 0 bridgehead atoms. The summed E-state index contributed by atoms with van der Waals surface area (Å²) in [6.07, 6.45) is 2.57. The molecule has 0 aliphatic carbocycles. The van der Waals surface area contributed by atoms with E-state index in [1.807, 2.05) is 37.3 Å². The van der Waals surface area contributed by atoms with Crippen LogP contribution in [0.3, 0.4) is 0 Å². The van der Waals surface area contributed by atoms with Crippen molar-refractivity contribution in [3.05, 3.63) is 71.3 Å². The first-order valence-electron chi connectivity index (χ1n) is 8.13. The number of nitriles is 1. The molecule has 120 valence electrons. The van der Waals surface area contributed by atoms with Gasteiger partial charge in [-0.25, -0.2) is 0 Å². The second-order valence-electron chi connectivity index (χ2n) is 6.29. The molecule has 0 unspecified atom stereocenters. The minimum absolute atomic E-state index is 0.0149. The predicted octanol–water partition coefficient (Wildman–Crippen LogP) is 4.61. The van der Waals surface area contributed by atoms with E-state index in [1.54, 1.807) is 12.1 Å². The van der Waals surface area contributed by atoms with Gasteiger partial charge >= 0.3 is 0 Å². The summed E-state index contributed by atoms with van der Waals surface area (Å²) in [7, 11) is 0. The van der Waals surface area contributed by atoms with Gasteiger partial charge in [0.05, 0.1) is 6.07 Å². The molecule has 24 heavy (non-hydrogen) atoms. The van der Waals surface area contributed by atoms with Crippen molar-refractivity contribution >= 4 is 17.0 Å². The van der Waals surface area contributed by atoms with Crippen LogP contribution in [0.5, 0.6) is 0 Å². The molecule has 1 aliphatic rings. The smallest absolute Gasteiger partial charge is 0.180 e. The van der Waals surface area contributed by atoms with Gasteiger partial charge in [-0.15, -0.1) is 0 Å². The number of hydrogen-bond donors (Lipinski definition) is 1. The van der Waals surface area contributed by atoms with E-state index >= 15 is 0 Å². The second kappa shape index (κ2) is 6.72. The van der Waals surface area contributed by atoms with Crippen LogP contribution in [0, 0.1) is 24.2 Å². The number of carbonyl (C=O) groups excluding carboxylic acids is 1. The third-order valence-corrected chi connectivity index (χ3v) is 4.44. The summed E-state index contributed by atoms with van der Waals surface area (Å²) in [4.78, 5) is 12.6. The van der Waals surface area contributed by atoms with E-state index < -0.39 is 5.92 Å². The Morgan fingerprint density at radius 2 is 1.88 bits per heavy atom. The van der Waals surface area contributed by atoms with E-state index in [1.165, 1.54) is 11.1 Å². The molecule has 0 aromatic heterocycles. The number of fused-ring (bicyclic) bond motifs is 1. The number of ketones is 1. The van der Waals surface area contributed by atoms with Crippen molar-refractivity contribution in [1.29, 1.82) is 5.26 Å². The molecule has 0 saturated carbocycles. The van der Waals surface area contributed by atoms with Gasteiger partial charge in [0, 0.05) is 22.9 Å². The highest BCUT2D eigenvalue weighted by Gasteiger charge is 2.25. The lowest BCUT2D eigenvalue weighted by Crippen LogP contribution is -2.27. The largest absolute Gasteiger partial charge is 0.378 e. The van der Waals surface area contributed by atoms with Gasteiger partial charge < -0.3 is 5.32 Å². The molecule has 1 heterocycles. The molecule has 0 radical (unpaired) electrons. The minimum atomic E-state index is -0.653. The molecule has 2 aromatic rings. The maximum atomic E-state index is 12.6. The van der Waals surface area contributed by atoms with Crippen LogP contribution in [0.15, 0.2) is 54.6 Å². The zero-order valence-electron chi connectivity index (χ0n) is 13.9. The van der Waals surface area contributed by atoms with Crippen LogP contribution >= 0.6 is 0 Å². The van der Waals surface area contributed by atoms with E-state index in [0.717, 1.165) is 11.3 Å². The summed E-state index contributed by atoms with van der Waals surface area (Å²) in [5.41, 5.74) is 5.11. The van der Waals surface area contributed by atoms with Crippen molar-refractivity contribution in [2.24, 2.45) is 5.92 Å². The van der Waals surface area contributed by atoms with Crippen molar-refractivity contribution in [2.75, 3.05) is 5.32 Å². The number of rotatable bonds is 4. The number of carbonyl (C=O) groups is 1. The van der Waals surface area contributed by atoms with Crippen LogP contribution in [-0.4, -0.2) is 11.8 Å². The van der Waals surface area contributed by atoms with Gasteiger partial charge in [-0.1, -0.05) is 54.1 Å². The highest BCUT2D eigenvalue weighted by Crippen LogP contribution is 2.31. The van der Waals surface area contributed by atoms with Gasteiger partial charge in [0.2, 0.25) is 0 Å². The van der Waals surface area contributed by atoms with Crippen LogP contribution in [0.25, 0.3) is 5.57 Å². The first-order chi connectivity index (χ1) is 11.6. The Balaban J connectivity index is 1.77. The third-order valence-electron chi connectivity index (χ3n) is 4.44. The van der Waals surface area contributed by atoms with Gasteiger partial charge in [0.1, 0.15) is 5.92 Å². The van der Waals surface area contributed by atoms with Crippen molar-refractivity contribution in [3.63, 3.8) is 0 Å². The van der Waals surface area contributed by atoms with Crippen LogP contribution in [-0.2, 0) is 0 Å². The maximum Gasteiger partial charge on any atom is 0.180 e. The zero-order valence-corrected chi connectivity index (χ0v) is 13.9. The number of allylic oxidation sites excluding steroid dienone is 1. The van der Waals surface area contributed by atoms with E-state index in [2.05, 4.69) is 30.5 Å². The highest BCUT2D eigenvalue weighted by atomic mass is 16.1. The van der Waals surface area contributed by atoms with Crippen molar-refractivity contribution < 1.29 is 4.79 Å². The van der Waals surface area contributed by atoms with E-state index in [-0.39, 0.29) is 11.8 Å². The number of para-hydroxylation sites is 1. The third kappa shape index (κ3) is 3.23. The monoisotopic (exact) mass is 316 g/mol. The van der Waals surface area contributed by atoms with Crippen LogP contribution in [0.2, 0.25) is 0 Å². The second-order valence-corrected chi connectivity index (χ2v) is 6.29. The number of hydrogen-bond acceptors (Lipinski definition) is 3. The molecular formula is C21H20N2O. The normalized spacial score (nSPS) is 17.0. The van der Waals surface area contributed by atoms with Crippen LogP contribution in [0.1, 0.15) is 34.8 Å². The van der Waals surface area contributed by atoms with Gasteiger partial charge in [-0.3, -0.25) is 4.79 Å². The molecule has 2 aromatic carbocycles. The summed E-state index contributed by atoms with van der Waals surface area (Å²) in [5, 5.41) is 12.9. The standard InChI is InChI=1S/C21H20N2O/c1-14-7-9-16(10-8-14)21(24)17(13-22)12-18-11-15(2)19-5-3-4-6-20(19)23-18/h3-11,17-18,23H,12H2,1-2H3/t17-,18-/m1/s1.